The molecule has 2 aromatic rings. The highest BCUT2D eigenvalue weighted by molar-refractivity contribution is 5.88. The molecule has 35 heavy (non-hydrogen) atoms. The van der Waals surface area contributed by atoms with Gasteiger partial charge in [0.25, 0.3) is 0 Å². The summed E-state index contributed by atoms with van der Waals surface area (Å²) in [5.74, 6) is 0.369. The average molecular weight is 477 g/mol. The molecule has 0 unspecified atom stereocenters. The van der Waals surface area contributed by atoms with Crippen molar-refractivity contribution in [2.24, 2.45) is 0 Å². The van der Waals surface area contributed by atoms with Crippen LogP contribution in [0.4, 0.5) is 4.39 Å². The van der Waals surface area contributed by atoms with E-state index in [9.17, 15) is 4.79 Å². The van der Waals surface area contributed by atoms with Gasteiger partial charge in [0.2, 0.25) is 0 Å². The fourth-order valence-corrected chi connectivity index (χ4v) is 3.90. The second-order valence-corrected chi connectivity index (χ2v) is 8.85. The minimum Gasteiger partial charge on any atom is -0.493 e. The number of halogens is 1. The van der Waals surface area contributed by atoms with E-state index in [0.29, 0.717) is 41.4 Å². The molecular formula is C30H33FO4. The van der Waals surface area contributed by atoms with E-state index in [2.05, 4.69) is 18.2 Å². The van der Waals surface area contributed by atoms with E-state index < -0.39 is 17.4 Å². The quantitative estimate of drug-likeness (QED) is 0.225. The van der Waals surface area contributed by atoms with Crippen molar-refractivity contribution in [2.45, 2.75) is 47.1 Å². The van der Waals surface area contributed by atoms with Crippen LogP contribution in [0.15, 0.2) is 78.2 Å². The van der Waals surface area contributed by atoms with Crippen molar-refractivity contribution in [2.75, 3.05) is 13.2 Å². The van der Waals surface area contributed by atoms with Crippen LogP contribution in [0.5, 0.6) is 11.5 Å². The van der Waals surface area contributed by atoms with E-state index in [0.717, 1.165) is 16.7 Å². The first-order valence-electron chi connectivity index (χ1n) is 11.8. The third-order valence-corrected chi connectivity index (χ3v) is 5.51. The number of esters is 1. The van der Waals surface area contributed by atoms with Crippen LogP contribution in [-0.2, 0) is 9.53 Å². The zero-order valence-electron chi connectivity index (χ0n) is 21.3. The first-order chi connectivity index (χ1) is 16.6. The minimum atomic E-state index is -0.509. The van der Waals surface area contributed by atoms with Crippen molar-refractivity contribution in [1.29, 1.82) is 0 Å². The zero-order chi connectivity index (χ0) is 25.6. The highest BCUT2D eigenvalue weighted by Crippen LogP contribution is 2.44. The molecule has 2 aromatic carbocycles. The Morgan fingerprint density at radius 3 is 2.43 bits per heavy atom. The summed E-state index contributed by atoms with van der Waals surface area (Å²) in [5, 5.41) is 0. The first-order valence-corrected chi connectivity index (χ1v) is 11.8. The smallest absolute Gasteiger partial charge is 0.330 e. The molecule has 0 atom stereocenters. The van der Waals surface area contributed by atoms with Gasteiger partial charge in [-0.2, -0.15) is 0 Å². The van der Waals surface area contributed by atoms with Gasteiger partial charge in [0.05, 0.1) is 13.2 Å². The topological polar surface area (TPSA) is 44.8 Å². The van der Waals surface area contributed by atoms with E-state index in [4.69, 9.17) is 14.2 Å². The molecule has 0 aromatic heterocycles. The minimum absolute atomic E-state index is 0.290. The molecule has 0 radical (unpaired) electrons. The maximum absolute atomic E-state index is 15.3. The third-order valence-electron chi connectivity index (χ3n) is 5.51. The standard InChI is InChI=1S/C30H33FO4/c1-7-33-27-18-28-24(25(19-30(5,6)35-28)22-12-10-9-11-13-22)17-23(27)21(4)26(31)15-14-20(3)16-29(32)34-8-2/h9-19H,7-8H2,1-6H3/b15-14+,20-16+,26-21+. The molecule has 4 nitrogen and oxygen atoms in total. The Morgan fingerprint density at radius 2 is 1.77 bits per heavy atom. The van der Waals surface area contributed by atoms with Crippen LogP contribution in [0.2, 0.25) is 0 Å². The van der Waals surface area contributed by atoms with E-state index in [1.807, 2.05) is 51.1 Å². The summed E-state index contributed by atoms with van der Waals surface area (Å²) in [7, 11) is 0. The number of rotatable bonds is 8. The second-order valence-electron chi connectivity index (χ2n) is 8.85. The molecule has 184 valence electrons. The Hall–Kier alpha value is -3.60. The predicted molar refractivity (Wildman–Crippen MR) is 139 cm³/mol. The predicted octanol–water partition coefficient (Wildman–Crippen LogP) is 7.45. The number of carbonyl (C=O) groups is 1. The summed E-state index contributed by atoms with van der Waals surface area (Å²) in [5.41, 5.74) is 4.11. The lowest BCUT2D eigenvalue weighted by molar-refractivity contribution is -0.137. The molecule has 0 bridgehead atoms. The molecule has 0 saturated carbocycles. The Balaban J connectivity index is 2.09. The Kier molecular flexibility index (Phi) is 8.34. The highest BCUT2D eigenvalue weighted by atomic mass is 19.1. The molecule has 3 rings (SSSR count). The molecule has 0 fully saturated rings. The van der Waals surface area contributed by atoms with Gasteiger partial charge in [0.1, 0.15) is 22.9 Å². The number of allylic oxidation sites excluding steroid dienone is 5. The maximum Gasteiger partial charge on any atom is 0.330 e. The summed E-state index contributed by atoms with van der Waals surface area (Å²) < 4.78 is 32.3. The number of hydrogen-bond donors (Lipinski definition) is 0. The highest BCUT2D eigenvalue weighted by Gasteiger charge is 2.29. The zero-order valence-corrected chi connectivity index (χ0v) is 21.3. The van der Waals surface area contributed by atoms with Gasteiger partial charge < -0.3 is 14.2 Å². The molecule has 0 spiro atoms. The van der Waals surface area contributed by atoms with Crippen molar-refractivity contribution >= 4 is 17.1 Å². The van der Waals surface area contributed by atoms with Gasteiger partial charge in [-0.25, -0.2) is 9.18 Å². The van der Waals surface area contributed by atoms with E-state index in [1.54, 1.807) is 26.8 Å². The Morgan fingerprint density at radius 1 is 1.06 bits per heavy atom. The monoisotopic (exact) mass is 476 g/mol. The van der Waals surface area contributed by atoms with Crippen molar-refractivity contribution in [3.05, 3.63) is 94.9 Å². The van der Waals surface area contributed by atoms with E-state index in [1.165, 1.54) is 12.2 Å². The van der Waals surface area contributed by atoms with Crippen molar-refractivity contribution in [1.82, 2.24) is 0 Å². The molecule has 1 aliphatic heterocycles. The van der Waals surface area contributed by atoms with Crippen molar-refractivity contribution < 1.29 is 23.4 Å². The van der Waals surface area contributed by atoms with Gasteiger partial charge in [0, 0.05) is 23.3 Å². The number of ether oxygens (including phenoxy) is 3. The lowest BCUT2D eigenvalue weighted by atomic mass is 9.88. The van der Waals surface area contributed by atoms with Crippen LogP contribution in [0.3, 0.4) is 0 Å². The van der Waals surface area contributed by atoms with Gasteiger partial charge in [0.15, 0.2) is 0 Å². The first kappa shape index (κ1) is 26.0. The molecular weight excluding hydrogens is 443 g/mol. The molecule has 0 aliphatic carbocycles. The Bertz CT molecular complexity index is 1200. The summed E-state index contributed by atoms with van der Waals surface area (Å²) in [6.45, 7) is 11.8. The van der Waals surface area contributed by atoms with Gasteiger partial charge >= 0.3 is 5.97 Å². The van der Waals surface area contributed by atoms with Crippen LogP contribution in [0.25, 0.3) is 11.1 Å². The van der Waals surface area contributed by atoms with Crippen molar-refractivity contribution in [3.8, 4) is 11.5 Å². The summed E-state index contributed by atoms with van der Waals surface area (Å²) in [6, 6.07) is 13.9. The fraction of sp³-hybridized carbons (Fsp3) is 0.300. The number of carbonyl (C=O) groups excluding carboxylic acids is 1. The largest absolute Gasteiger partial charge is 0.493 e. The third kappa shape index (κ3) is 6.50. The molecule has 0 N–H and O–H groups in total. The second kappa shape index (κ2) is 11.2. The lowest BCUT2D eigenvalue weighted by Crippen LogP contribution is -2.29. The lowest BCUT2D eigenvalue weighted by Gasteiger charge is -2.32. The van der Waals surface area contributed by atoms with Crippen LogP contribution in [-0.4, -0.2) is 24.8 Å². The molecule has 0 saturated heterocycles. The van der Waals surface area contributed by atoms with Crippen molar-refractivity contribution in [3.63, 3.8) is 0 Å². The SMILES string of the molecule is CCOC(=O)/C=C(C)/C=C/C(F)=C(/C)c1cc2c(cc1OCC)OC(C)(C)C=C2c1ccccc1. The molecule has 1 aliphatic rings. The van der Waals surface area contributed by atoms with Crippen LogP contribution >= 0.6 is 0 Å². The van der Waals surface area contributed by atoms with Gasteiger partial charge in [-0.3, -0.25) is 0 Å². The Labute approximate surface area is 207 Å². The van der Waals surface area contributed by atoms with Crippen LogP contribution in [0, 0.1) is 0 Å². The number of hydrogen-bond acceptors (Lipinski definition) is 4. The fourth-order valence-electron chi connectivity index (χ4n) is 3.90. The molecule has 5 heteroatoms. The average Bonchev–Trinajstić information content (AvgIpc) is 2.81. The van der Waals surface area contributed by atoms with Gasteiger partial charge in [-0.1, -0.05) is 36.4 Å². The van der Waals surface area contributed by atoms with E-state index in [-0.39, 0.29) is 0 Å². The number of fused-ring (bicyclic) bond motifs is 1. The van der Waals surface area contributed by atoms with Gasteiger partial charge in [-0.15, -0.1) is 0 Å². The maximum atomic E-state index is 15.3. The summed E-state index contributed by atoms with van der Waals surface area (Å²) in [6.07, 6.45) is 6.33. The van der Waals surface area contributed by atoms with Crippen LogP contribution in [0.1, 0.15) is 58.2 Å². The molecule has 1 heterocycles. The molecule has 0 amide bonds. The van der Waals surface area contributed by atoms with Gasteiger partial charge in [-0.05, 0) is 82.0 Å². The van der Waals surface area contributed by atoms with E-state index >= 15 is 4.39 Å². The summed E-state index contributed by atoms with van der Waals surface area (Å²) >= 11 is 0. The van der Waals surface area contributed by atoms with Crippen LogP contribution < -0.4 is 9.47 Å². The number of benzene rings is 2. The normalized spacial score (nSPS) is 15.6. The summed E-state index contributed by atoms with van der Waals surface area (Å²) in [4.78, 5) is 11.6.